The third-order valence-electron chi connectivity index (χ3n) is 4.10. The highest BCUT2D eigenvalue weighted by Gasteiger charge is 2.22. The van der Waals surface area contributed by atoms with Crippen LogP contribution in [0.3, 0.4) is 0 Å². The minimum atomic E-state index is -3.62. The van der Waals surface area contributed by atoms with Crippen molar-refractivity contribution < 1.29 is 17.6 Å². The number of rotatable bonds is 10. The summed E-state index contributed by atoms with van der Waals surface area (Å²) < 4.78 is 32.2. The van der Waals surface area contributed by atoms with E-state index in [0.717, 1.165) is 6.42 Å². The largest absolute Gasteiger partial charge is 0.465 e. The Morgan fingerprint density at radius 3 is 2.50 bits per heavy atom. The lowest BCUT2D eigenvalue weighted by atomic mass is 10.2. The molecule has 1 amide bonds. The smallest absolute Gasteiger partial charge is 0.248 e. The summed E-state index contributed by atoms with van der Waals surface area (Å²) in [6, 6.07) is 8.18. The molecule has 1 aromatic heterocycles. The summed E-state index contributed by atoms with van der Waals surface area (Å²) in [4.78, 5) is 12.5. The first-order valence-corrected chi connectivity index (χ1v) is 10.8. The summed E-state index contributed by atoms with van der Waals surface area (Å²) in [6.07, 6.45) is 5.30. The van der Waals surface area contributed by atoms with Gasteiger partial charge in [0.1, 0.15) is 5.76 Å². The molecule has 0 radical (unpaired) electrons. The van der Waals surface area contributed by atoms with Gasteiger partial charge in [0.25, 0.3) is 0 Å². The number of amides is 1. The van der Waals surface area contributed by atoms with Gasteiger partial charge in [-0.05, 0) is 42.8 Å². The lowest BCUT2D eigenvalue weighted by molar-refractivity contribution is -0.111. The first-order chi connectivity index (χ1) is 13.4. The molecular weight excluding hydrogens is 378 g/mol. The SMILES string of the molecule is CCCNc1ccc(S(=O)(=O)N(CC)CC)cc1NC(=O)C=Cc1ccco1. The molecule has 0 unspecified atom stereocenters. The molecule has 0 spiro atoms. The molecule has 152 valence electrons. The molecule has 0 bridgehead atoms. The van der Waals surface area contributed by atoms with Crippen LogP contribution in [0, 0.1) is 0 Å². The molecule has 2 N–H and O–H groups in total. The summed E-state index contributed by atoms with van der Waals surface area (Å²) >= 11 is 0. The number of nitrogens with zero attached hydrogens (tertiary/aromatic N) is 1. The maximum atomic E-state index is 12.8. The van der Waals surface area contributed by atoms with E-state index in [-0.39, 0.29) is 10.8 Å². The molecule has 1 aromatic carbocycles. The van der Waals surface area contributed by atoms with Crippen LogP contribution in [0.15, 0.2) is 52.0 Å². The molecular formula is C20H27N3O4S. The highest BCUT2D eigenvalue weighted by Crippen LogP contribution is 2.27. The molecule has 8 heteroatoms. The fourth-order valence-corrected chi connectivity index (χ4v) is 4.12. The Morgan fingerprint density at radius 1 is 1.14 bits per heavy atom. The molecule has 0 aliphatic rings. The van der Waals surface area contributed by atoms with E-state index in [1.54, 1.807) is 44.2 Å². The van der Waals surface area contributed by atoms with E-state index in [9.17, 15) is 13.2 Å². The second-order valence-electron chi connectivity index (χ2n) is 6.06. The number of hydrogen-bond acceptors (Lipinski definition) is 5. The average molecular weight is 406 g/mol. The van der Waals surface area contributed by atoms with E-state index in [4.69, 9.17) is 4.42 Å². The predicted octanol–water partition coefficient (Wildman–Crippen LogP) is 3.78. The molecule has 1 heterocycles. The molecule has 7 nitrogen and oxygen atoms in total. The number of furan rings is 1. The van der Waals surface area contributed by atoms with E-state index in [1.807, 2.05) is 6.92 Å². The van der Waals surface area contributed by atoms with Crippen molar-refractivity contribution in [1.29, 1.82) is 0 Å². The number of nitrogens with one attached hydrogen (secondary N) is 2. The lowest BCUT2D eigenvalue weighted by Gasteiger charge is -2.20. The Labute approximate surface area is 166 Å². The first kappa shape index (κ1) is 21.7. The first-order valence-electron chi connectivity index (χ1n) is 9.33. The van der Waals surface area contributed by atoms with Crippen molar-refractivity contribution in [2.24, 2.45) is 0 Å². The average Bonchev–Trinajstić information content (AvgIpc) is 3.19. The number of hydrogen-bond donors (Lipinski definition) is 2. The molecule has 2 aromatic rings. The number of benzene rings is 1. The molecule has 0 aliphatic heterocycles. The van der Waals surface area contributed by atoms with Gasteiger partial charge in [0.05, 0.1) is 22.5 Å². The van der Waals surface area contributed by atoms with Crippen LogP contribution in [0.2, 0.25) is 0 Å². The number of sulfonamides is 1. The van der Waals surface area contributed by atoms with Crippen LogP contribution in [0.4, 0.5) is 11.4 Å². The van der Waals surface area contributed by atoms with Gasteiger partial charge >= 0.3 is 0 Å². The van der Waals surface area contributed by atoms with Gasteiger partial charge in [-0.1, -0.05) is 20.8 Å². The van der Waals surface area contributed by atoms with Gasteiger partial charge in [-0.15, -0.1) is 0 Å². The zero-order chi connectivity index (χ0) is 20.6. The fourth-order valence-electron chi connectivity index (χ4n) is 2.63. The molecule has 0 aliphatic carbocycles. The second-order valence-corrected chi connectivity index (χ2v) is 8.00. The molecule has 0 saturated heterocycles. The van der Waals surface area contributed by atoms with Crippen molar-refractivity contribution in [3.8, 4) is 0 Å². The highest BCUT2D eigenvalue weighted by molar-refractivity contribution is 7.89. The monoisotopic (exact) mass is 405 g/mol. The summed E-state index contributed by atoms with van der Waals surface area (Å²) in [7, 11) is -3.62. The van der Waals surface area contributed by atoms with Crippen molar-refractivity contribution in [2.75, 3.05) is 30.3 Å². The van der Waals surface area contributed by atoms with E-state index < -0.39 is 10.0 Å². The lowest BCUT2D eigenvalue weighted by Crippen LogP contribution is -2.30. The third-order valence-corrected chi connectivity index (χ3v) is 6.15. The van der Waals surface area contributed by atoms with E-state index >= 15 is 0 Å². The minimum absolute atomic E-state index is 0.142. The van der Waals surface area contributed by atoms with Gasteiger partial charge in [-0.25, -0.2) is 8.42 Å². The highest BCUT2D eigenvalue weighted by atomic mass is 32.2. The zero-order valence-corrected chi connectivity index (χ0v) is 17.3. The number of carbonyl (C=O) groups is 1. The standard InChI is InChI=1S/C20H27N3O4S/c1-4-13-21-18-11-10-17(28(25,26)23(5-2)6-3)15-19(18)22-20(24)12-9-16-8-7-14-27-16/h7-12,14-15,21H,4-6,13H2,1-3H3,(H,22,24). The normalized spacial score (nSPS) is 11.9. The Balaban J connectivity index is 2.31. The van der Waals surface area contributed by atoms with Gasteiger partial charge in [-0.2, -0.15) is 4.31 Å². The van der Waals surface area contributed by atoms with E-state index in [1.165, 1.54) is 22.7 Å². The molecule has 0 fully saturated rings. The summed E-state index contributed by atoms with van der Waals surface area (Å²) in [5.74, 6) is 0.172. The van der Waals surface area contributed by atoms with Crippen LogP contribution < -0.4 is 10.6 Å². The van der Waals surface area contributed by atoms with Gasteiger partial charge in [-0.3, -0.25) is 4.79 Å². The number of anilines is 2. The van der Waals surface area contributed by atoms with Crippen molar-refractivity contribution in [2.45, 2.75) is 32.1 Å². The predicted molar refractivity (Wildman–Crippen MR) is 112 cm³/mol. The van der Waals surface area contributed by atoms with Crippen LogP contribution in [0.25, 0.3) is 6.08 Å². The Bertz CT molecular complexity index is 902. The number of carbonyl (C=O) groups excluding carboxylic acids is 1. The summed E-state index contributed by atoms with van der Waals surface area (Å²) in [5.41, 5.74) is 1.08. The van der Waals surface area contributed by atoms with Crippen molar-refractivity contribution in [3.63, 3.8) is 0 Å². The maximum absolute atomic E-state index is 12.8. The van der Waals surface area contributed by atoms with Crippen LogP contribution in [-0.2, 0) is 14.8 Å². The summed E-state index contributed by atoms with van der Waals surface area (Å²) in [6.45, 7) is 7.06. The topological polar surface area (TPSA) is 91.7 Å². The van der Waals surface area contributed by atoms with Gasteiger partial charge in [0.15, 0.2) is 0 Å². The molecule has 28 heavy (non-hydrogen) atoms. The maximum Gasteiger partial charge on any atom is 0.248 e. The van der Waals surface area contributed by atoms with Crippen molar-refractivity contribution in [3.05, 3.63) is 48.4 Å². The van der Waals surface area contributed by atoms with Crippen LogP contribution in [-0.4, -0.2) is 38.3 Å². The molecule has 0 saturated carbocycles. The quantitative estimate of drug-likeness (QED) is 0.587. The third kappa shape index (κ3) is 5.46. The fraction of sp³-hybridized carbons (Fsp3) is 0.350. The van der Waals surface area contributed by atoms with Gasteiger partial charge in [0, 0.05) is 25.7 Å². The van der Waals surface area contributed by atoms with Crippen LogP contribution in [0.1, 0.15) is 33.0 Å². The van der Waals surface area contributed by atoms with E-state index in [2.05, 4.69) is 10.6 Å². The Kier molecular flexibility index (Phi) is 7.83. The Hall–Kier alpha value is -2.58. The molecule has 2 rings (SSSR count). The summed E-state index contributed by atoms with van der Waals surface area (Å²) in [5, 5.41) is 5.96. The minimum Gasteiger partial charge on any atom is -0.465 e. The zero-order valence-electron chi connectivity index (χ0n) is 16.4. The van der Waals surface area contributed by atoms with Crippen molar-refractivity contribution in [1.82, 2.24) is 4.31 Å². The van der Waals surface area contributed by atoms with Crippen molar-refractivity contribution >= 4 is 33.4 Å². The van der Waals surface area contributed by atoms with Crippen LogP contribution in [0.5, 0.6) is 0 Å². The van der Waals surface area contributed by atoms with E-state index in [0.29, 0.717) is 36.8 Å². The van der Waals surface area contributed by atoms with Gasteiger partial charge < -0.3 is 15.1 Å². The Morgan fingerprint density at radius 2 is 1.89 bits per heavy atom. The second kappa shape index (κ2) is 10.1. The van der Waals surface area contributed by atoms with Crippen LogP contribution >= 0.6 is 0 Å². The van der Waals surface area contributed by atoms with Gasteiger partial charge in [0.2, 0.25) is 15.9 Å². The molecule has 0 atom stereocenters.